The molecular weight excluding hydrogens is 268 g/mol. The van der Waals surface area contributed by atoms with Gasteiger partial charge in [0.05, 0.1) is 13.2 Å². The van der Waals surface area contributed by atoms with Gasteiger partial charge in [-0.25, -0.2) is 0 Å². The maximum atomic E-state index is 11.7. The van der Waals surface area contributed by atoms with Crippen molar-refractivity contribution in [2.75, 3.05) is 13.2 Å². The first-order valence-corrected chi connectivity index (χ1v) is 7.61. The van der Waals surface area contributed by atoms with Gasteiger partial charge in [0.25, 0.3) is 0 Å². The Kier molecular flexibility index (Phi) is 6.66. The molecule has 5 heteroatoms. The van der Waals surface area contributed by atoms with Gasteiger partial charge >= 0.3 is 5.97 Å². The molecule has 1 fully saturated rings. The Balaban J connectivity index is 1.62. The van der Waals surface area contributed by atoms with Gasteiger partial charge in [-0.3, -0.25) is 9.63 Å². The monoisotopic (exact) mass is 292 g/mol. The smallest absolute Gasteiger partial charge is 0.323 e. The van der Waals surface area contributed by atoms with E-state index in [1.54, 1.807) is 0 Å². The second-order valence-electron chi connectivity index (χ2n) is 5.29. The second kappa shape index (κ2) is 8.77. The molecule has 1 aromatic carbocycles. The van der Waals surface area contributed by atoms with Crippen molar-refractivity contribution >= 4 is 5.97 Å². The third-order valence-electron chi connectivity index (χ3n) is 3.48. The van der Waals surface area contributed by atoms with Crippen LogP contribution in [0.5, 0.6) is 0 Å². The quantitative estimate of drug-likeness (QED) is 0.592. The summed E-state index contributed by atoms with van der Waals surface area (Å²) in [4.78, 5) is 17.2. The van der Waals surface area contributed by atoms with E-state index in [0.717, 1.165) is 24.8 Å². The molecule has 2 N–H and O–H groups in total. The van der Waals surface area contributed by atoms with E-state index in [1.807, 2.05) is 37.3 Å². The van der Waals surface area contributed by atoms with E-state index in [4.69, 9.17) is 9.57 Å². The first kappa shape index (κ1) is 15.9. The highest BCUT2D eigenvalue weighted by Gasteiger charge is 2.26. The van der Waals surface area contributed by atoms with Gasteiger partial charge in [-0.1, -0.05) is 37.3 Å². The van der Waals surface area contributed by atoms with Gasteiger partial charge in [0.2, 0.25) is 0 Å². The van der Waals surface area contributed by atoms with Crippen molar-refractivity contribution in [1.29, 1.82) is 0 Å². The molecule has 21 heavy (non-hydrogen) atoms. The molecule has 0 amide bonds. The third kappa shape index (κ3) is 5.46. The highest BCUT2D eigenvalue weighted by Crippen LogP contribution is 2.10. The van der Waals surface area contributed by atoms with Crippen LogP contribution in [0.3, 0.4) is 0 Å². The largest absolute Gasteiger partial charge is 0.465 e. The molecule has 0 radical (unpaired) electrons. The maximum Gasteiger partial charge on any atom is 0.323 e. The van der Waals surface area contributed by atoms with Gasteiger partial charge in [0.1, 0.15) is 6.04 Å². The van der Waals surface area contributed by atoms with Crippen LogP contribution in [-0.4, -0.2) is 31.2 Å². The SMILES string of the molecule is CCCOC(=O)[C@@H]1CC[C@@H](NOCc2ccccc2)CN1. The number of piperidine rings is 1. The molecule has 0 aliphatic carbocycles. The van der Waals surface area contributed by atoms with Gasteiger partial charge in [-0.15, -0.1) is 0 Å². The molecule has 1 aliphatic heterocycles. The summed E-state index contributed by atoms with van der Waals surface area (Å²) in [6, 6.07) is 10.1. The van der Waals surface area contributed by atoms with Gasteiger partial charge < -0.3 is 10.1 Å². The zero-order valence-corrected chi connectivity index (χ0v) is 12.5. The average molecular weight is 292 g/mol. The van der Waals surface area contributed by atoms with Crippen molar-refractivity contribution < 1.29 is 14.4 Å². The van der Waals surface area contributed by atoms with Crippen LogP contribution in [0.25, 0.3) is 0 Å². The van der Waals surface area contributed by atoms with E-state index in [1.165, 1.54) is 0 Å². The lowest BCUT2D eigenvalue weighted by atomic mass is 10.0. The molecule has 0 saturated carbocycles. The van der Waals surface area contributed by atoms with Crippen LogP contribution in [-0.2, 0) is 21.0 Å². The number of esters is 1. The number of hydrogen-bond donors (Lipinski definition) is 2. The highest BCUT2D eigenvalue weighted by atomic mass is 16.6. The number of hydroxylamine groups is 1. The summed E-state index contributed by atoms with van der Waals surface area (Å²) in [5.74, 6) is -0.138. The predicted molar refractivity (Wildman–Crippen MR) is 80.4 cm³/mol. The standard InChI is InChI=1S/C16H24N2O3/c1-2-10-20-16(19)15-9-8-14(11-17-15)18-21-12-13-6-4-3-5-7-13/h3-7,14-15,17-18H,2,8-12H2,1H3/t14-,15+/m1/s1. The first-order chi connectivity index (χ1) is 10.3. The number of carbonyl (C=O) groups excluding carboxylic acids is 1. The maximum absolute atomic E-state index is 11.7. The van der Waals surface area contributed by atoms with Crippen LogP contribution in [0.15, 0.2) is 30.3 Å². The summed E-state index contributed by atoms with van der Waals surface area (Å²) in [5.41, 5.74) is 4.19. The summed E-state index contributed by atoms with van der Waals surface area (Å²) in [7, 11) is 0. The van der Waals surface area contributed by atoms with Gasteiger partial charge in [-0.2, -0.15) is 5.48 Å². The molecular formula is C16H24N2O3. The number of benzene rings is 1. The fourth-order valence-corrected chi connectivity index (χ4v) is 2.28. The van der Waals surface area contributed by atoms with Crippen LogP contribution in [0, 0.1) is 0 Å². The number of carbonyl (C=O) groups is 1. The molecule has 5 nitrogen and oxygen atoms in total. The average Bonchev–Trinajstić information content (AvgIpc) is 2.54. The van der Waals surface area contributed by atoms with E-state index in [-0.39, 0.29) is 18.1 Å². The number of nitrogens with one attached hydrogen (secondary N) is 2. The van der Waals surface area contributed by atoms with Crippen molar-refractivity contribution in [3.63, 3.8) is 0 Å². The van der Waals surface area contributed by atoms with E-state index >= 15 is 0 Å². The van der Waals surface area contributed by atoms with Crippen LogP contribution in [0.2, 0.25) is 0 Å². The number of ether oxygens (including phenoxy) is 1. The second-order valence-corrected chi connectivity index (χ2v) is 5.29. The number of hydrogen-bond acceptors (Lipinski definition) is 5. The highest BCUT2D eigenvalue weighted by molar-refractivity contribution is 5.75. The van der Waals surface area contributed by atoms with Crippen molar-refractivity contribution in [1.82, 2.24) is 10.8 Å². The zero-order valence-electron chi connectivity index (χ0n) is 12.5. The normalized spacial score (nSPS) is 22.0. The summed E-state index contributed by atoms with van der Waals surface area (Å²) in [6.07, 6.45) is 2.53. The summed E-state index contributed by atoms with van der Waals surface area (Å²) < 4.78 is 5.15. The lowest BCUT2D eigenvalue weighted by Crippen LogP contribution is -2.51. The molecule has 1 heterocycles. The Morgan fingerprint density at radius 1 is 1.33 bits per heavy atom. The molecule has 0 spiro atoms. The van der Waals surface area contributed by atoms with E-state index < -0.39 is 0 Å². The molecule has 116 valence electrons. The van der Waals surface area contributed by atoms with Crippen molar-refractivity contribution in [2.24, 2.45) is 0 Å². The van der Waals surface area contributed by atoms with Crippen LogP contribution in [0.1, 0.15) is 31.7 Å². The summed E-state index contributed by atoms with van der Waals surface area (Å²) >= 11 is 0. The van der Waals surface area contributed by atoms with Crippen molar-refractivity contribution in [3.05, 3.63) is 35.9 Å². The number of rotatable bonds is 7. The zero-order chi connectivity index (χ0) is 14.9. The molecule has 1 aromatic rings. The lowest BCUT2D eigenvalue weighted by Gasteiger charge is -2.28. The van der Waals surface area contributed by atoms with Crippen molar-refractivity contribution in [3.8, 4) is 0 Å². The Bertz CT molecular complexity index is 417. The van der Waals surface area contributed by atoms with Gasteiger partial charge in [-0.05, 0) is 24.8 Å². The third-order valence-corrected chi connectivity index (χ3v) is 3.48. The Morgan fingerprint density at radius 3 is 2.81 bits per heavy atom. The van der Waals surface area contributed by atoms with E-state index in [9.17, 15) is 4.79 Å². The summed E-state index contributed by atoms with van der Waals surface area (Å²) in [6.45, 7) is 3.74. The molecule has 0 bridgehead atoms. The minimum absolute atomic E-state index is 0.138. The molecule has 0 unspecified atom stereocenters. The predicted octanol–water partition coefficient (Wildman–Crippen LogP) is 1.78. The Labute approximate surface area is 126 Å². The lowest BCUT2D eigenvalue weighted by molar-refractivity contribution is -0.147. The Morgan fingerprint density at radius 2 is 2.14 bits per heavy atom. The molecule has 1 saturated heterocycles. The fraction of sp³-hybridized carbons (Fsp3) is 0.562. The van der Waals surface area contributed by atoms with Gasteiger partial charge in [0.15, 0.2) is 0 Å². The van der Waals surface area contributed by atoms with Crippen LogP contribution >= 0.6 is 0 Å². The minimum atomic E-state index is -0.177. The summed E-state index contributed by atoms with van der Waals surface area (Å²) in [5, 5.41) is 3.21. The van der Waals surface area contributed by atoms with E-state index in [2.05, 4.69) is 10.8 Å². The van der Waals surface area contributed by atoms with Crippen LogP contribution < -0.4 is 10.8 Å². The van der Waals surface area contributed by atoms with Crippen molar-refractivity contribution in [2.45, 2.75) is 44.9 Å². The Hall–Kier alpha value is -1.43. The molecule has 0 aromatic heterocycles. The topological polar surface area (TPSA) is 59.6 Å². The van der Waals surface area contributed by atoms with E-state index in [0.29, 0.717) is 19.8 Å². The first-order valence-electron chi connectivity index (χ1n) is 7.61. The van der Waals surface area contributed by atoms with Gasteiger partial charge in [0, 0.05) is 12.6 Å². The fourth-order valence-electron chi connectivity index (χ4n) is 2.28. The molecule has 2 rings (SSSR count). The minimum Gasteiger partial charge on any atom is -0.465 e. The van der Waals surface area contributed by atoms with Crippen LogP contribution in [0.4, 0.5) is 0 Å². The molecule has 2 atom stereocenters. The molecule has 1 aliphatic rings.